The number of carbonyl (C=O) groups excluding carboxylic acids is 6. The Morgan fingerprint density at radius 3 is 1.68 bits per heavy atom. The number of hydrogen-bond donors (Lipinski definition) is 3. The van der Waals surface area contributed by atoms with Crippen LogP contribution in [-0.2, 0) is 25.6 Å². The first-order valence-corrected chi connectivity index (χ1v) is 23.3. The van der Waals surface area contributed by atoms with E-state index in [2.05, 4.69) is 47.1 Å². The normalized spacial score (nSPS) is 23.4. The molecular weight excluding hydrogens is 824 g/mol. The Kier molecular flexibility index (Phi) is 14.4. The fraction of sp³-hybridized carbons (Fsp3) is 0.423. The quantitative estimate of drug-likeness (QED) is 0.114. The lowest BCUT2D eigenvalue weighted by atomic mass is 9.94. The third-order valence-electron chi connectivity index (χ3n) is 13.5. The fourth-order valence-electron chi connectivity index (χ4n) is 9.46. The number of likely N-dealkylation sites (tertiary alicyclic amines) is 1. The summed E-state index contributed by atoms with van der Waals surface area (Å²) in [5.74, 6) is -3.10. The zero-order valence-corrected chi connectivity index (χ0v) is 37.0. The minimum atomic E-state index is -0.890. The van der Waals surface area contributed by atoms with E-state index in [-0.39, 0.29) is 104 Å². The standard InChI is InChI=1S/C52H59FN6O6/c1-2-3-4-11-26-54-50(63)46-33-57(27-28-59(46)47(60)25-18-34-16-23-39(53)24-17-34)51(64)37-19-21-38(22-20-37)52(65)58-31-42(48(61)55-44-29-40(44)35-12-7-5-8-13-35)43(32-58)49(62)56-45-30-41(45)36-14-9-6-10-15-36/h5-10,12-17,19-24,40-46H,2-4,11,18,25-33H2,1H3,(H,54,63)(H,55,61)(H,56,62)/t40-,41-,42-,43-,44+,45+,46?/m1/s1. The Bertz CT molecular complexity index is 2250. The van der Waals surface area contributed by atoms with Crippen LogP contribution in [0.15, 0.2) is 109 Å². The third-order valence-corrected chi connectivity index (χ3v) is 13.5. The topological polar surface area (TPSA) is 148 Å². The molecule has 65 heavy (non-hydrogen) atoms. The van der Waals surface area contributed by atoms with E-state index in [4.69, 9.17) is 0 Å². The van der Waals surface area contributed by atoms with Crippen molar-refractivity contribution in [2.45, 2.75) is 88.3 Å². The first-order valence-electron chi connectivity index (χ1n) is 23.3. The highest BCUT2D eigenvalue weighted by Gasteiger charge is 2.49. The SMILES string of the molecule is CCCCCCNC(=O)C1CN(C(=O)c2ccc(C(=O)N3C[C@@H](C(=O)N[C@H]4C[C@@H]4c4ccccc4)[C@H](C(=O)N[C@H]4C[C@@H]4c4ccccc4)C3)cc2)CCN1C(=O)CCc1ccc(F)cc1. The van der Waals surface area contributed by atoms with Crippen LogP contribution in [0, 0.1) is 17.7 Å². The van der Waals surface area contributed by atoms with Gasteiger partial charge in [-0.2, -0.15) is 0 Å². The van der Waals surface area contributed by atoms with Crippen LogP contribution in [0.4, 0.5) is 4.39 Å². The molecule has 2 aliphatic heterocycles. The molecule has 2 heterocycles. The Balaban J connectivity index is 0.913. The lowest BCUT2D eigenvalue weighted by molar-refractivity contribution is -0.143. The Labute approximate surface area is 380 Å². The maximum Gasteiger partial charge on any atom is 0.253 e. The molecule has 0 aromatic heterocycles. The number of nitrogens with one attached hydrogen (secondary N) is 3. The molecule has 340 valence electrons. The summed E-state index contributed by atoms with van der Waals surface area (Å²) in [6, 6.07) is 31.4. The van der Waals surface area contributed by atoms with Gasteiger partial charge in [0.15, 0.2) is 0 Å². The summed E-state index contributed by atoms with van der Waals surface area (Å²) < 4.78 is 13.5. The van der Waals surface area contributed by atoms with Crippen molar-refractivity contribution in [3.63, 3.8) is 0 Å². The van der Waals surface area contributed by atoms with Crippen molar-refractivity contribution in [1.82, 2.24) is 30.7 Å². The lowest BCUT2D eigenvalue weighted by Crippen LogP contribution is -2.61. The minimum absolute atomic E-state index is 0.00316. The van der Waals surface area contributed by atoms with Crippen LogP contribution in [0.3, 0.4) is 0 Å². The first kappa shape index (κ1) is 45.2. The second kappa shape index (κ2) is 20.6. The Hall–Kier alpha value is -6.37. The van der Waals surface area contributed by atoms with Crippen LogP contribution in [-0.4, -0.2) is 108 Å². The third kappa shape index (κ3) is 11.1. The summed E-state index contributed by atoms with van der Waals surface area (Å²) in [5, 5.41) is 9.33. The average Bonchev–Trinajstić information content (AvgIpc) is 4.25. The predicted molar refractivity (Wildman–Crippen MR) is 244 cm³/mol. The van der Waals surface area contributed by atoms with Crippen molar-refractivity contribution in [3.8, 4) is 0 Å². The van der Waals surface area contributed by atoms with E-state index in [0.717, 1.165) is 55.2 Å². The van der Waals surface area contributed by atoms with Gasteiger partial charge in [-0.15, -0.1) is 0 Å². The molecule has 2 saturated heterocycles. The van der Waals surface area contributed by atoms with E-state index in [0.29, 0.717) is 24.1 Å². The molecule has 4 fully saturated rings. The molecule has 13 heteroatoms. The number of halogens is 1. The molecule has 6 amide bonds. The monoisotopic (exact) mass is 882 g/mol. The van der Waals surface area contributed by atoms with Crippen molar-refractivity contribution < 1.29 is 33.2 Å². The van der Waals surface area contributed by atoms with E-state index in [1.807, 2.05) is 36.4 Å². The van der Waals surface area contributed by atoms with Gasteiger partial charge in [-0.3, -0.25) is 28.8 Å². The molecule has 1 unspecified atom stereocenters. The van der Waals surface area contributed by atoms with E-state index >= 15 is 0 Å². The molecule has 3 N–H and O–H groups in total. The molecule has 12 nitrogen and oxygen atoms in total. The smallest absolute Gasteiger partial charge is 0.253 e. The number of rotatable bonds is 17. The van der Waals surface area contributed by atoms with E-state index in [1.54, 1.807) is 51.1 Å². The summed E-state index contributed by atoms with van der Waals surface area (Å²) in [5.41, 5.74) is 3.76. The molecule has 0 spiro atoms. The van der Waals surface area contributed by atoms with Crippen molar-refractivity contribution >= 4 is 35.4 Å². The second-order valence-electron chi connectivity index (χ2n) is 18.1. The van der Waals surface area contributed by atoms with Crippen molar-refractivity contribution in [2.24, 2.45) is 11.8 Å². The summed E-state index contributed by atoms with van der Waals surface area (Å²) in [4.78, 5) is 87.8. The zero-order chi connectivity index (χ0) is 45.5. The largest absolute Gasteiger partial charge is 0.354 e. The van der Waals surface area contributed by atoms with E-state index < -0.39 is 17.9 Å². The van der Waals surface area contributed by atoms with E-state index in [1.165, 1.54) is 12.1 Å². The first-order chi connectivity index (χ1) is 31.6. The number of unbranched alkanes of at least 4 members (excludes halogenated alkanes) is 3. The molecule has 7 atom stereocenters. The van der Waals surface area contributed by atoms with Gasteiger partial charge >= 0.3 is 0 Å². The Morgan fingerprint density at radius 2 is 1.14 bits per heavy atom. The number of amides is 6. The van der Waals surface area contributed by atoms with Gasteiger partial charge in [0.25, 0.3) is 11.8 Å². The molecule has 4 aliphatic rings. The highest BCUT2D eigenvalue weighted by atomic mass is 19.1. The molecule has 4 aromatic carbocycles. The van der Waals surface area contributed by atoms with Gasteiger partial charge in [0.2, 0.25) is 23.6 Å². The van der Waals surface area contributed by atoms with Crippen LogP contribution in [0.2, 0.25) is 0 Å². The maximum absolute atomic E-state index is 14.1. The van der Waals surface area contributed by atoms with Gasteiger partial charge in [0.1, 0.15) is 11.9 Å². The zero-order valence-electron chi connectivity index (χ0n) is 37.0. The lowest BCUT2D eigenvalue weighted by Gasteiger charge is -2.40. The van der Waals surface area contributed by atoms with Gasteiger partial charge < -0.3 is 30.7 Å². The van der Waals surface area contributed by atoms with Gasteiger partial charge in [-0.05, 0) is 78.8 Å². The minimum Gasteiger partial charge on any atom is -0.354 e. The molecule has 2 aliphatic carbocycles. The second-order valence-corrected chi connectivity index (χ2v) is 18.1. The van der Waals surface area contributed by atoms with Crippen LogP contribution < -0.4 is 16.0 Å². The molecule has 2 saturated carbocycles. The molecule has 0 radical (unpaired) electrons. The predicted octanol–water partition coefficient (Wildman–Crippen LogP) is 5.84. The van der Waals surface area contributed by atoms with Gasteiger partial charge in [-0.1, -0.05) is 99.0 Å². The molecule has 0 bridgehead atoms. The molecule has 8 rings (SSSR count). The van der Waals surface area contributed by atoms with Crippen LogP contribution >= 0.6 is 0 Å². The van der Waals surface area contributed by atoms with Crippen molar-refractivity contribution in [2.75, 3.05) is 39.3 Å². The van der Waals surface area contributed by atoms with Crippen LogP contribution in [0.1, 0.15) is 101 Å². The van der Waals surface area contributed by atoms with Crippen molar-refractivity contribution in [3.05, 3.63) is 143 Å². The number of hydrogen-bond acceptors (Lipinski definition) is 6. The average molecular weight is 883 g/mol. The number of benzene rings is 4. The molecule has 4 aromatic rings. The van der Waals surface area contributed by atoms with Crippen LogP contribution in [0.5, 0.6) is 0 Å². The van der Waals surface area contributed by atoms with Gasteiger partial charge in [-0.25, -0.2) is 4.39 Å². The van der Waals surface area contributed by atoms with Crippen LogP contribution in [0.25, 0.3) is 0 Å². The number of nitrogens with zero attached hydrogens (tertiary/aromatic N) is 3. The maximum atomic E-state index is 14.1. The summed E-state index contributed by atoms with van der Waals surface area (Å²) in [7, 11) is 0. The number of aryl methyl sites for hydroxylation is 1. The number of carbonyl (C=O) groups is 6. The molecular formula is C52H59FN6O6. The van der Waals surface area contributed by atoms with E-state index in [9.17, 15) is 33.2 Å². The van der Waals surface area contributed by atoms with Gasteiger partial charge in [0, 0.05) is 74.2 Å². The van der Waals surface area contributed by atoms with Gasteiger partial charge in [0.05, 0.1) is 18.4 Å². The highest BCUT2D eigenvalue weighted by molar-refractivity contribution is 6.00. The summed E-state index contributed by atoms with van der Waals surface area (Å²) >= 11 is 0. The summed E-state index contributed by atoms with van der Waals surface area (Å²) in [6.45, 7) is 3.11. The fourth-order valence-corrected chi connectivity index (χ4v) is 9.46. The number of piperazine rings is 1. The summed E-state index contributed by atoms with van der Waals surface area (Å²) in [6.07, 6.45) is 6.04. The Morgan fingerprint density at radius 1 is 0.600 bits per heavy atom. The highest BCUT2D eigenvalue weighted by Crippen LogP contribution is 2.42. The van der Waals surface area contributed by atoms with Crippen molar-refractivity contribution in [1.29, 1.82) is 0 Å².